The maximum atomic E-state index is 6.05. The first kappa shape index (κ1) is 11.7. The van der Waals surface area contributed by atoms with Crippen molar-refractivity contribution in [2.45, 2.75) is 26.2 Å². The summed E-state index contributed by atoms with van der Waals surface area (Å²) < 4.78 is 0. The molecule has 1 nitrogen and oxygen atoms in total. The number of unbranched alkanes of at least 4 members (excludes halogenated alkanes) is 1. The Morgan fingerprint density at radius 3 is 2.47 bits per heavy atom. The van der Waals surface area contributed by atoms with E-state index in [1.54, 1.807) is 0 Å². The monoisotopic (exact) mass is 225 g/mol. The van der Waals surface area contributed by atoms with Gasteiger partial charge >= 0.3 is 0 Å². The molecular weight excluding hydrogens is 206 g/mol. The van der Waals surface area contributed by atoms with Crippen molar-refractivity contribution in [3.8, 4) is 11.1 Å². The van der Waals surface area contributed by atoms with Crippen molar-refractivity contribution in [1.82, 2.24) is 0 Å². The molecule has 0 saturated carbocycles. The van der Waals surface area contributed by atoms with Crippen molar-refractivity contribution in [3.05, 3.63) is 54.1 Å². The predicted molar refractivity (Wildman–Crippen MR) is 74.9 cm³/mol. The topological polar surface area (TPSA) is 26.0 Å². The minimum Gasteiger partial charge on any atom is -0.398 e. The van der Waals surface area contributed by atoms with Gasteiger partial charge in [0.2, 0.25) is 0 Å². The van der Waals surface area contributed by atoms with Gasteiger partial charge in [0.05, 0.1) is 0 Å². The zero-order chi connectivity index (χ0) is 12.1. The highest BCUT2D eigenvalue weighted by atomic mass is 14.6. The van der Waals surface area contributed by atoms with E-state index in [9.17, 15) is 0 Å². The van der Waals surface area contributed by atoms with Gasteiger partial charge in [-0.15, -0.1) is 0 Å². The zero-order valence-electron chi connectivity index (χ0n) is 10.3. The van der Waals surface area contributed by atoms with Crippen molar-refractivity contribution in [3.63, 3.8) is 0 Å². The number of rotatable bonds is 4. The van der Waals surface area contributed by atoms with E-state index in [2.05, 4.69) is 31.2 Å². The molecule has 0 atom stereocenters. The molecule has 0 radical (unpaired) electrons. The third kappa shape index (κ3) is 2.88. The van der Waals surface area contributed by atoms with Crippen LogP contribution in [0, 0.1) is 0 Å². The van der Waals surface area contributed by atoms with Crippen LogP contribution in [0.5, 0.6) is 0 Å². The van der Waals surface area contributed by atoms with Crippen molar-refractivity contribution in [2.24, 2.45) is 0 Å². The number of aryl methyl sites for hydroxylation is 1. The molecule has 0 bridgehead atoms. The number of anilines is 1. The fraction of sp³-hybridized carbons (Fsp3) is 0.250. The molecule has 0 amide bonds. The van der Waals surface area contributed by atoms with Gasteiger partial charge in [-0.1, -0.05) is 49.7 Å². The molecule has 0 aliphatic rings. The van der Waals surface area contributed by atoms with E-state index in [1.807, 2.05) is 24.3 Å². The number of nitrogen functional groups attached to an aromatic ring is 1. The van der Waals surface area contributed by atoms with Crippen LogP contribution in [0.3, 0.4) is 0 Å². The van der Waals surface area contributed by atoms with Gasteiger partial charge in [-0.2, -0.15) is 0 Å². The molecule has 1 heteroatoms. The van der Waals surface area contributed by atoms with Gasteiger partial charge in [0.25, 0.3) is 0 Å². The van der Waals surface area contributed by atoms with Gasteiger partial charge in [-0.3, -0.25) is 0 Å². The Hall–Kier alpha value is -1.76. The van der Waals surface area contributed by atoms with Gasteiger partial charge < -0.3 is 5.73 Å². The first-order valence-electron chi connectivity index (χ1n) is 6.25. The van der Waals surface area contributed by atoms with E-state index >= 15 is 0 Å². The summed E-state index contributed by atoms with van der Waals surface area (Å²) in [6, 6.07) is 16.7. The number of hydrogen-bond acceptors (Lipinski definition) is 1. The van der Waals surface area contributed by atoms with Gasteiger partial charge in [-0.25, -0.2) is 0 Å². The van der Waals surface area contributed by atoms with Crippen LogP contribution in [0.1, 0.15) is 25.3 Å². The lowest BCUT2D eigenvalue weighted by molar-refractivity contribution is 0.795. The van der Waals surface area contributed by atoms with E-state index in [-0.39, 0.29) is 0 Å². The Balaban J connectivity index is 2.33. The summed E-state index contributed by atoms with van der Waals surface area (Å²) in [6.07, 6.45) is 3.60. The van der Waals surface area contributed by atoms with Crippen molar-refractivity contribution >= 4 is 5.69 Å². The predicted octanol–water partition coefficient (Wildman–Crippen LogP) is 4.28. The molecule has 0 aliphatic carbocycles. The number of benzene rings is 2. The Bertz CT molecular complexity index is 474. The summed E-state index contributed by atoms with van der Waals surface area (Å²) in [5.41, 5.74) is 10.6. The molecular formula is C16H19N. The molecule has 0 heterocycles. The van der Waals surface area contributed by atoms with E-state index in [0.717, 1.165) is 17.7 Å². The molecule has 2 aromatic rings. The Morgan fingerprint density at radius 1 is 1.00 bits per heavy atom. The molecule has 17 heavy (non-hydrogen) atoms. The average Bonchev–Trinajstić information content (AvgIpc) is 2.39. The van der Waals surface area contributed by atoms with Gasteiger partial charge in [0, 0.05) is 11.3 Å². The molecule has 2 aromatic carbocycles. The highest BCUT2D eigenvalue weighted by Gasteiger charge is 2.03. The SMILES string of the molecule is CCCCc1ccc(N)c(-c2ccccc2)c1. The molecule has 2 N–H and O–H groups in total. The zero-order valence-corrected chi connectivity index (χ0v) is 10.3. The summed E-state index contributed by atoms with van der Waals surface area (Å²) in [5.74, 6) is 0. The molecule has 0 aliphatic heterocycles. The summed E-state index contributed by atoms with van der Waals surface area (Å²) in [4.78, 5) is 0. The smallest absolute Gasteiger partial charge is 0.0393 e. The molecule has 0 unspecified atom stereocenters. The molecule has 0 saturated heterocycles. The third-order valence-corrected chi connectivity index (χ3v) is 3.02. The fourth-order valence-corrected chi connectivity index (χ4v) is 2.01. The van der Waals surface area contributed by atoms with Crippen LogP contribution in [-0.4, -0.2) is 0 Å². The van der Waals surface area contributed by atoms with Crippen LogP contribution in [0.25, 0.3) is 11.1 Å². The lowest BCUT2D eigenvalue weighted by Crippen LogP contribution is -1.93. The maximum absolute atomic E-state index is 6.05. The minimum atomic E-state index is 0.858. The largest absolute Gasteiger partial charge is 0.398 e. The van der Waals surface area contributed by atoms with Gasteiger partial charge in [-0.05, 0) is 36.1 Å². The quantitative estimate of drug-likeness (QED) is 0.772. The lowest BCUT2D eigenvalue weighted by atomic mass is 9.99. The van der Waals surface area contributed by atoms with Crippen LogP contribution in [0.4, 0.5) is 5.69 Å². The van der Waals surface area contributed by atoms with E-state index in [0.29, 0.717) is 0 Å². The van der Waals surface area contributed by atoms with Crippen molar-refractivity contribution in [1.29, 1.82) is 0 Å². The second-order valence-corrected chi connectivity index (χ2v) is 4.39. The Morgan fingerprint density at radius 2 is 1.76 bits per heavy atom. The highest BCUT2D eigenvalue weighted by Crippen LogP contribution is 2.27. The van der Waals surface area contributed by atoms with Crippen LogP contribution >= 0.6 is 0 Å². The molecule has 0 fully saturated rings. The normalized spacial score (nSPS) is 10.4. The van der Waals surface area contributed by atoms with Crippen molar-refractivity contribution < 1.29 is 0 Å². The van der Waals surface area contributed by atoms with E-state index in [4.69, 9.17) is 5.73 Å². The lowest BCUT2D eigenvalue weighted by Gasteiger charge is -2.08. The summed E-state index contributed by atoms with van der Waals surface area (Å²) in [5, 5.41) is 0. The Kier molecular flexibility index (Phi) is 3.81. The summed E-state index contributed by atoms with van der Waals surface area (Å²) in [6.45, 7) is 2.22. The summed E-state index contributed by atoms with van der Waals surface area (Å²) >= 11 is 0. The number of hydrogen-bond donors (Lipinski definition) is 1. The molecule has 0 aromatic heterocycles. The third-order valence-electron chi connectivity index (χ3n) is 3.02. The van der Waals surface area contributed by atoms with Crippen LogP contribution in [0.2, 0.25) is 0 Å². The van der Waals surface area contributed by atoms with Crippen LogP contribution < -0.4 is 5.73 Å². The van der Waals surface area contributed by atoms with Crippen LogP contribution in [-0.2, 0) is 6.42 Å². The molecule has 2 rings (SSSR count). The van der Waals surface area contributed by atoms with Gasteiger partial charge in [0.1, 0.15) is 0 Å². The van der Waals surface area contributed by atoms with E-state index in [1.165, 1.54) is 24.0 Å². The molecule has 88 valence electrons. The first-order valence-corrected chi connectivity index (χ1v) is 6.25. The second-order valence-electron chi connectivity index (χ2n) is 4.39. The van der Waals surface area contributed by atoms with Gasteiger partial charge in [0.15, 0.2) is 0 Å². The Labute approximate surface area is 103 Å². The first-order chi connectivity index (χ1) is 8.31. The number of nitrogens with two attached hydrogens (primary N) is 1. The minimum absolute atomic E-state index is 0.858. The highest BCUT2D eigenvalue weighted by molar-refractivity contribution is 5.76. The molecule has 0 spiro atoms. The van der Waals surface area contributed by atoms with Crippen LogP contribution in [0.15, 0.2) is 48.5 Å². The average molecular weight is 225 g/mol. The summed E-state index contributed by atoms with van der Waals surface area (Å²) in [7, 11) is 0. The fourth-order valence-electron chi connectivity index (χ4n) is 2.01. The van der Waals surface area contributed by atoms with E-state index < -0.39 is 0 Å². The second kappa shape index (κ2) is 5.53. The maximum Gasteiger partial charge on any atom is 0.0393 e. The standard InChI is InChI=1S/C16H19N/c1-2-3-7-13-10-11-16(17)15(12-13)14-8-5-4-6-9-14/h4-6,8-12H,2-3,7,17H2,1H3. The van der Waals surface area contributed by atoms with Crippen molar-refractivity contribution in [2.75, 3.05) is 5.73 Å².